The fraction of sp³-hybridized carbons (Fsp3) is 0. The minimum atomic E-state index is -2.88. The lowest BCUT2D eigenvalue weighted by molar-refractivity contribution is 1.71. The second-order valence-electron chi connectivity index (χ2n) is 14.6. The summed E-state index contributed by atoms with van der Waals surface area (Å²) in [6.45, 7) is 0. The molecule has 0 nitrogen and oxygen atoms in total. The van der Waals surface area contributed by atoms with Gasteiger partial charge in [-0.3, -0.25) is 0 Å². The van der Waals surface area contributed by atoms with Crippen molar-refractivity contribution in [2.45, 2.75) is 0 Å². The van der Waals surface area contributed by atoms with Crippen molar-refractivity contribution in [3.05, 3.63) is 194 Å². The molecule has 4 aliphatic rings. The molecule has 4 aliphatic heterocycles. The molecule has 8 aromatic rings. The van der Waals surface area contributed by atoms with Gasteiger partial charge in [-0.1, -0.05) is 236 Å². The minimum Gasteiger partial charge on any atom is -0.0625 e. The molecule has 0 aliphatic carbocycles. The van der Waals surface area contributed by atoms with E-state index in [4.69, 9.17) is 0 Å². The molecule has 0 unspecified atom stereocenters. The van der Waals surface area contributed by atoms with Crippen molar-refractivity contribution >= 4 is 72.3 Å². The Kier molecular flexibility index (Phi) is 5.95. The maximum Gasteiger partial charge on any atom is 0.123 e. The summed E-state index contributed by atoms with van der Waals surface area (Å²) in [6.07, 6.45) is 0. The molecule has 0 bridgehead atoms. The summed E-state index contributed by atoms with van der Waals surface area (Å²) in [7, 11) is -8.61. The Bertz CT molecular complexity index is 2430. The van der Waals surface area contributed by atoms with Crippen molar-refractivity contribution in [2.75, 3.05) is 0 Å². The van der Waals surface area contributed by atoms with Crippen LogP contribution in [0.5, 0.6) is 0 Å². The maximum atomic E-state index is 2.62. The van der Waals surface area contributed by atoms with Crippen LogP contribution in [-0.4, -0.2) is 30.8 Å². The van der Waals surface area contributed by atoms with E-state index in [1.807, 2.05) is 0 Å². The van der Waals surface area contributed by atoms with Crippen LogP contribution >= 0.6 is 0 Å². The van der Waals surface area contributed by atoms with Crippen LogP contribution in [0.2, 0.25) is 0 Å². The lowest BCUT2D eigenvalue weighted by Crippen LogP contribution is -2.98. The Labute approximate surface area is 309 Å². The zero-order chi connectivity index (χ0) is 34.0. The quantitative estimate of drug-likeness (QED) is 0.218. The van der Waals surface area contributed by atoms with Crippen LogP contribution in [0.4, 0.5) is 0 Å². The normalized spacial score (nSPS) is 16.2. The highest BCUT2D eigenvalue weighted by atomic mass is 29.8. The highest BCUT2D eigenvalue weighted by molar-refractivity contribution is 7.95. The van der Waals surface area contributed by atoms with Gasteiger partial charge in [0.15, 0.2) is 0 Å². The van der Waals surface area contributed by atoms with Crippen LogP contribution in [-0.2, 0) is 0 Å². The van der Waals surface area contributed by atoms with E-state index in [1.54, 1.807) is 41.5 Å². The smallest absolute Gasteiger partial charge is 0.0625 e. The first kappa shape index (κ1) is 29.2. The molecule has 0 saturated heterocycles. The largest absolute Gasteiger partial charge is 0.123 e. The first-order chi connectivity index (χ1) is 25.8. The van der Waals surface area contributed by atoms with Gasteiger partial charge in [-0.2, -0.15) is 0 Å². The van der Waals surface area contributed by atoms with Gasteiger partial charge in [-0.25, -0.2) is 0 Å². The Morgan fingerprint density at radius 3 is 0.654 bits per heavy atom. The van der Waals surface area contributed by atoms with Crippen LogP contribution in [0.3, 0.4) is 0 Å². The summed E-state index contributed by atoms with van der Waals surface area (Å²) in [4.78, 5) is 0. The monoisotopic (exact) mass is 720 g/mol. The lowest BCUT2D eigenvalue weighted by atomic mass is 10.1. The summed E-state index contributed by atoms with van der Waals surface area (Å²) in [5, 5.41) is 13.3. The predicted octanol–water partition coefficient (Wildman–Crippen LogP) is 5.29. The van der Waals surface area contributed by atoms with Gasteiger partial charge in [-0.05, 0) is 44.5 Å². The minimum absolute atomic E-state index is 1.42. The van der Waals surface area contributed by atoms with E-state index in [2.05, 4.69) is 194 Å². The maximum absolute atomic E-state index is 2.88. The Balaban J connectivity index is 1.38. The predicted molar refractivity (Wildman–Crippen MR) is 228 cm³/mol. The molecule has 240 valence electrons. The molecule has 0 spiro atoms. The molecule has 8 aromatic carbocycles. The second kappa shape index (κ2) is 10.6. The van der Waals surface area contributed by atoms with Gasteiger partial charge in [0.2, 0.25) is 0 Å². The van der Waals surface area contributed by atoms with Gasteiger partial charge >= 0.3 is 0 Å². The molecule has 0 saturated carbocycles. The molecule has 52 heavy (non-hydrogen) atoms. The topological polar surface area (TPSA) is 0 Å². The highest BCUT2D eigenvalue weighted by Crippen LogP contribution is 2.44. The molecule has 0 aromatic heterocycles. The second-order valence-corrected chi connectivity index (χ2v) is 38.4. The molecule has 4 heteroatoms. The number of hydrogen-bond acceptors (Lipinski definition) is 0. The summed E-state index contributed by atoms with van der Waals surface area (Å²) < 4.78 is 0. The van der Waals surface area contributed by atoms with E-state index in [0.29, 0.717) is 0 Å². The fourth-order valence-electron chi connectivity index (χ4n) is 11.0. The number of benzene rings is 8. The average Bonchev–Trinajstić information content (AvgIpc) is 3.92. The van der Waals surface area contributed by atoms with Gasteiger partial charge < -0.3 is 0 Å². The third kappa shape index (κ3) is 3.33. The first-order valence-corrected chi connectivity index (χ1v) is 28.4. The van der Waals surface area contributed by atoms with Crippen molar-refractivity contribution in [1.82, 2.24) is 0 Å². The van der Waals surface area contributed by atoms with E-state index in [9.17, 15) is 0 Å². The van der Waals surface area contributed by atoms with Crippen LogP contribution in [0.15, 0.2) is 194 Å². The molecule has 0 N–H and O–H groups in total. The standard InChI is InChI=1S/C48H32Si4/c1-9-25-41-33(17-1)34-18-2-10-26-42(34)49(41)51(45-29-13-5-21-37(45)38-22-6-14-30-46(38)51)52(47-31-15-7-23-39(47)40-24-8-16-32-48(40)52)50-43-27-11-3-19-35(43)36-20-4-12-28-44(36)50/h1-32H. The van der Waals surface area contributed by atoms with E-state index in [0.717, 1.165) is 0 Å². The van der Waals surface area contributed by atoms with Crippen molar-refractivity contribution in [3.63, 3.8) is 0 Å². The molecule has 0 fully saturated rings. The molecule has 0 amide bonds. The number of hydrogen-bond donors (Lipinski definition) is 0. The van der Waals surface area contributed by atoms with E-state index in [-0.39, 0.29) is 0 Å². The van der Waals surface area contributed by atoms with Crippen LogP contribution in [0.25, 0.3) is 44.5 Å². The van der Waals surface area contributed by atoms with E-state index >= 15 is 0 Å². The molecule has 2 radical (unpaired) electrons. The summed E-state index contributed by atoms with van der Waals surface area (Å²) in [5.41, 5.74) is 11.8. The number of rotatable bonds is 3. The summed E-state index contributed by atoms with van der Waals surface area (Å²) in [5.74, 6) is 0. The number of fused-ring (bicyclic) bond motifs is 12. The molecular formula is C48H32Si4. The average molecular weight is 721 g/mol. The van der Waals surface area contributed by atoms with E-state index in [1.165, 1.54) is 44.5 Å². The van der Waals surface area contributed by atoms with Gasteiger partial charge in [0.25, 0.3) is 0 Å². The van der Waals surface area contributed by atoms with Crippen molar-refractivity contribution in [3.8, 4) is 44.5 Å². The summed E-state index contributed by atoms with van der Waals surface area (Å²) in [6, 6.07) is 77.4. The molecule has 12 rings (SSSR count). The first-order valence-electron chi connectivity index (χ1n) is 18.4. The van der Waals surface area contributed by atoms with E-state index < -0.39 is 30.8 Å². The Morgan fingerprint density at radius 2 is 0.404 bits per heavy atom. The fourth-order valence-corrected chi connectivity index (χ4v) is 70.4. The van der Waals surface area contributed by atoms with Crippen molar-refractivity contribution in [2.24, 2.45) is 0 Å². The molecule has 4 heterocycles. The zero-order valence-electron chi connectivity index (χ0n) is 28.5. The van der Waals surface area contributed by atoms with Gasteiger partial charge in [0, 0.05) is 0 Å². The molecular weight excluding hydrogens is 689 g/mol. The van der Waals surface area contributed by atoms with Gasteiger partial charge in [0.1, 0.15) is 30.8 Å². The zero-order valence-corrected chi connectivity index (χ0v) is 32.5. The van der Waals surface area contributed by atoms with Crippen LogP contribution in [0, 0.1) is 0 Å². The highest BCUT2D eigenvalue weighted by Gasteiger charge is 2.74. The van der Waals surface area contributed by atoms with Crippen molar-refractivity contribution < 1.29 is 0 Å². The SMILES string of the molecule is c1ccc2c(c1)-c1ccccc1[Si]2[Si]1([Si]2([Si]3c4ccccc4-c4ccccc43)c3ccccc3-c3ccccc32)c2ccccc2-c2ccccc21. The van der Waals surface area contributed by atoms with Gasteiger partial charge in [0.05, 0.1) is 0 Å². The van der Waals surface area contributed by atoms with Crippen LogP contribution in [0.1, 0.15) is 0 Å². The van der Waals surface area contributed by atoms with Crippen molar-refractivity contribution in [1.29, 1.82) is 0 Å². The third-order valence-corrected chi connectivity index (χ3v) is 55.2. The summed E-state index contributed by atoms with van der Waals surface area (Å²) >= 11 is 0. The lowest BCUT2D eigenvalue weighted by Gasteiger charge is -2.52. The Morgan fingerprint density at radius 1 is 0.212 bits per heavy atom. The third-order valence-electron chi connectivity index (χ3n) is 12.6. The Hall–Kier alpha value is -5.37. The molecule has 0 atom stereocenters. The van der Waals surface area contributed by atoms with Gasteiger partial charge in [-0.15, -0.1) is 0 Å². The van der Waals surface area contributed by atoms with Crippen LogP contribution < -0.4 is 41.5 Å².